The Labute approximate surface area is 161 Å². The summed E-state index contributed by atoms with van der Waals surface area (Å²) >= 11 is 0. The van der Waals surface area contributed by atoms with Gasteiger partial charge in [-0.3, -0.25) is 0 Å². The third-order valence-corrected chi connectivity index (χ3v) is 5.01. The van der Waals surface area contributed by atoms with Crippen LogP contribution >= 0.6 is 0 Å². The maximum absolute atomic E-state index is 3.33. The van der Waals surface area contributed by atoms with Crippen LogP contribution in [-0.4, -0.2) is 33.4 Å². The largest absolute Gasteiger partial charge is 0.335 e. The molecule has 0 unspecified atom stereocenters. The second-order valence-corrected chi connectivity index (χ2v) is 8.52. The summed E-state index contributed by atoms with van der Waals surface area (Å²) in [6.45, 7) is 13.5. The first-order chi connectivity index (χ1) is 12.2. The highest BCUT2D eigenvalue weighted by Gasteiger charge is 2.26. The van der Waals surface area contributed by atoms with Crippen LogP contribution in [0.3, 0.4) is 0 Å². The molecule has 0 spiro atoms. The number of allylic oxidation sites excluding steroid dienone is 10. The molecule has 0 saturated heterocycles. The van der Waals surface area contributed by atoms with E-state index in [2.05, 4.69) is 90.2 Å². The lowest BCUT2D eigenvalue weighted by atomic mass is 9.72. The summed E-state index contributed by atoms with van der Waals surface area (Å²) < 4.78 is 0. The smallest absolute Gasteiger partial charge is 0.189 e. The fraction of sp³-hybridized carbons (Fsp3) is 0.542. The van der Waals surface area contributed by atoms with Gasteiger partial charge in [-0.1, -0.05) is 55.4 Å². The molecular weight excluding hydrogens is 316 g/mol. The van der Waals surface area contributed by atoms with Gasteiger partial charge in [0.05, 0.1) is 14.1 Å². The van der Waals surface area contributed by atoms with E-state index >= 15 is 0 Å². The Morgan fingerprint density at radius 1 is 1.12 bits per heavy atom. The molecule has 2 N–H and O–H groups in total. The van der Waals surface area contributed by atoms with Crippen LogP contribution in [0.1, 0.15) is 53.9 Å². The number of quaternary nitrogens is 1. The average molecular weight is 357 g/mol. The first-order valence-electron chi connectivity index (χ1n) is 9.98. The summed E-state index contributed by atoms with van der Waals surface area (Å²) in [6.07, 6.45) is 19.1. The molecule has 144 valence electrons. The van der Waals surface area contributed by atoms with Crippen LogP contribution in [0.5, 0.6) is 0 Å². The minimum absolute atomic E-state index is 0.311. The van der Waals surface area contributed by atoms with Crippen molar-refractivity contribution in [1.82, 2.24) is 0 Å². The molecule has 0 aromatic rings. The summed E-state index contributed by atoms with van der Waals surface area (Å²) in [6, 6.07) is 0. The summed E-state index contributed by atoms with van der Waals surface area (Å²) in [5.74, 6) is 0. The first-order valence-corrected chi connectivity index (χ1v) is 9.98. The normalized spacial score (nSPS) is 19.7. The molecule has 0 bridgehead atoms. The molecule has 0 radical (unpaired) electrons. The molecule has 1 aliphatic carbocycles. The van der Waals surface area contributed by atoms with Gasteiger partial charge in [0.2, 0.25) is 0 Å². The van der Waals surface area contributed by atoms with Gasteiger partial charge in [-0.15, -0.1) is 0 Å². The van der Waals surface area contributed by atoms with Gasteiger partial charge in [0.1, 0.15) is 6.54 Å². The minimum Gasteiger partial charge on any atom is -0.335 e. The number of nitrogens with one attached hydrogen (secondary N) is 2. The van der Waals surface area contributed by atoms with E-state index < -0.39 is 0 Å². The van der Waals surface area contributed by atoms with Gasteiger partial charge in [0.25, 0.3) is 0 Å². The number of hydrogen-bond acceptors (Lipinski definition) is 0. The maximum atomic E-state index is 3.33. The Bertz CT molecular complexity index is 623. The number of hydrogen-bond donors (Lipinski definition) is 2. The van der Waals surface area contributed by atoms with E-state index in [9.17, 15) is 0 Å². The Morgan fingerprint density at radius 3 is 2.46 bits per heavy atom. The van der Waals surface area contributed by atoms with E-state index in [0.717, 1.165) is 13.1 Å². The van der Waals surface area contributed by atoms with Crippen molar-refractivity contribution in [2.45, 2.75) is 53.9 Å². The monoisotopic (exact) mass is 356 g/mol. The van der Waals surface area contributed by atoms with Gasteiger partial charge in [-0.25, -0.2) is 4.99 Å². The molecule has 0 atom stereocenters. The van der Waals surface area contributed by atoms with Crippen LogP contribution < -0.4 is 9.89 Å². The van der Waals surface area contributed by atoms with Crippen molar-refractivity contribution in [1.29, 1.82) is 0 Å². The number of rotatable bonds is 8. The van der Waals surface area contributed by atoms with Gasteiger partial charge in [-0.05, 0) is 56.6 Å². The van der Waals surface area contributed by atoms with Gasteiger partial charge >= 0.3 is 0 Å². The molecule has 2 heteroatoms. The zero-order valence-electron chi connectivity index (χ0n) is 18.1. The SMILES string of the molecule is CC1=C(/C=C/C(C)=C/C=C/C(C)=C/C=[NH+]CC[NH+](C)C)C(C)(C)CCC1. The Balaban J connectivity index is 2.60. The van der Waals surface area contributed by atoms with Crippen LogP contribution in [0.2, 0.25) is 0 Å². The lowest BCUT2D eigenvalue weighted by molar-refractivity contribution is -0.866. The van der Waals surface area contributed by atoms with Gasteiger partial charge in [-0.2, -0.15) is 0 Å². The van der Waals surface area contributed by atoms with E-state index in [-0.39, 0.29) is 0 Å². The molecular formula is C24H40N2+2. The van der Waals surface area contributed by atoms with Crippen molar-refractivity contribution >= 4 is 6.21 Å². The van der Waals surface area contributed by atoms with Crippen LogP contribution in [0.4, 0.5) is 0 Å². The molecule has 26 heavy (non-hydrogen) atoms. The quantitative estimate of drug-likeness (QED) is 0.492. The summed E-state index contributed by atoms with van der Waals surface area (Å²) in [5, 5.41) is 0. The van der Waals surface area contributed by atoms with Crippen molar-refractivity contribution in [3.05, 3.63) is 58.7 Å². The maximum Gasteiger partial charge on any atom is 0.189 e. The number of likely N-dealkylation sites (N-methyl/N-ethyl adjacent to an activating group) is 1. The van der Waals surface area contributed by atoms with Crippen molar-refractivity contribution < 1.29 is 9.89 Å². The average Bonchev–Trinajstić information content (AvgIpc) is 2.53. The molecule has 1 rings (SSSR count). The van der Waals surface area contributed by atoms with Crippen molar-refractivity contribution in [3.8, 4) is 0 Å². The second-order valence-electron chi connectivity index (χ2n) is 8.52. The van der Waals surface area contributed by atoms with E-state index in [0.29, 0.717) is 5.41 Å². The third-order valence-electron chi connectivity index (χ3n) is 5.01. The fourth-order valence-electron chi connectivity index (χ4n) is 3.28. The molecule has 0 aromatic carbocycles. The van der Waals surface area contributed by atoms with E-state index in [1.165, 1.54) is 40.9 Å². The predicted octanol–water partition coefficient (Wildman–Crippen LogP) is 2.81. The van der Waals surface area contributed by atoms with Crippen molar-refractivity contribution in [2.24, 2.45) is 5.41 Å². The Hall–Kier alpha value is -1.67. The summed E-state index contributed by atoms with van der Waals surface area (Å²) in [5.41, 5.74) is 5.92. The van der Waals surface area contributed by atoms with E-state index in [4.69, 9.17) is 0 Å². The van der Waals surface area contributed by atoms with Crippen LogP contribution in [0.25, 0.3) is 0 Å². The predicted molar refractivity (Wildman–Crippen MR) is 116 cm³/mol. The van der Waals surface area contributed by atoms with E-state index in [1.807, 2.05) is 6.21 Å². The molecule has 0 heterocycles. The molecule has 0 fully saturated rings. The topological polar surface area (TPSA) is 18.4 Å². The van der Waals surface area contributed by atoms with Crippen molar-refractivity contribution in [3.63, 3.8) is 0 Å². The molecule has 1 aliphatic rings. The highest BCUT2D eigenvalue weighted by molar-refractivity contribution is 5.67. The van der Waals surface area contributed by atoms with E-state index in [1.54, 1.807) is 5.57 Å². The van der Waals surface area contributed by atoms with Crippen LogP contribution in [-0.2, 0) is 0 Å². The van der Waals surface area contributed by atoms with Crippen LogP contribution in [0.15, 0.2) is 58.7 Å². The summed E-state index contributed by atoms with van der Waals surface area (Å²) in [4.78, 5) is 4.79. The fourth-order valence-corrected chi connectivity index (χ4v) is 3.28. The summed E-state index contributed by atoms with van der Waals surface area (Å²) in [7, 11) is 4.34. The zero-order valence-corrected chi connectivity index (χ0v) is 18.1. The Morgan fingerprint density at radius 2 is 1.81 bits per heavy atom. The molecule has 2 nitrogen and oxygen atoms in total. The van der Waals surface area contributed by atoms with Gasteiger partial charge < -0.3 is 4.90 Å². The molecule has 0 aliphatic heterocycles. The van der Waals surface area contributed by atoms with Crippen molar-refractivity contribution in [2.75, 3.05) is 27.2 Å². The first kappa shape index (κ1) is 22.4. The highest BCUT2D eigenvalue weighted by atomic mass is 15.1. The lowest BCUT2D eigenvalue weighted by Crippen LogP contribution is -3.08. The third kappa shape index (κ3) is 8.62. The van der Waals surface area contributed by atoms with Gasteiger partial charge in [0.15, 0.2) is 12.8 Å². The second kappa shape index (κ2) is 11.1. The molecule has 0 aromatic heterocycles. The zero-order chi connectivity index (χ0) is 19.6. The lowest BCUT2D eigenvalue weighted by Gasteiger charge is -2.32. The molecule has 0 saturated carbocycles. The minimum atomic E-state index is 0.311. The standard InChI is InChI=1S/C24H38N2/c1-20(13-14-23-22(3)12-9-16-24(23,4)5)10-8-11-21(2)15-17-25-18-19-26(6)7/h8,10-11,13-15,17H,9,12,16,18-19H2,1-7H3/p+2/b11-8+,14-13+,20-10+,21-15+,25-17?. The van der Waals surface area contributed by atoms with Crippen LogP contribution in [0, 0.1) is 5.41 Å². The highest BCUT2D eigenvalue weighted by Crippen LogP contribution is 2.40. The molecule has 0 amide bonds. The Kier molecular flexibility index (Phi) is 9.58. The van der Waals surface area contributed by atoms with Gasteiger partial charge in [0, 0.05) is 6.08 Å².